The summed E-state index contributed by atoms with van der Waals surface area (Å²) in [6.07, 6.45) is 2.42. The van der Waals surface area contributed by atoms with Crippen molar-refractivity contribution in [2.24, 2.45) is 0 Å². The zero-order chi connectivity index (χ0) is 14.0. The summed E-state index contributed by atoms with van der Waals surface area (Å²) in [7, 11) is 0. The Balaban J connectivity index is 2.23. The van der Waals surface area contributed by atoms with Crippen molar-refractivity contribution < 1.29 is 18.7 Å². The number of hydrogen-bond donors (Lipinski definition) is 1. The molecule has 3 nitrogen and oxygen atoms in total. The number of piperidine rings is 1. The zero-order valence-corrected chi connectivity index (χ0v) is 10.8. The number of aliphatic carboxylic acids is 1. The molecule has 1 N–H and O–H groups in total. The monoisotopic (exact) mass is 269 g/mol. The smallest absolute Gasteiger partial charge is 0.320 e. The molecule has 1 heterocycles. The fourth-order valence-electron chi connectivity index (χ4n) is 2.65. The quantitative estimate of drug-likeness (QED) is 0.917. The van der Waals surface area contributed by atoms with Crippen LogP contribution in [-0.2, 0) is 4.79 Å². The van der Waals surface area contributed by atoms with E-state index in [1.54, 1.807) is 0 Å². The van der Waals surface area contributed by atoms with Gasteiger partial charge in [-0.15, -0.1) is 0 Å². The molecule has 0 aliphatic carbocycles. The first-order valence-electron chi connectivity index (χ1n) is 6.44. The average Bonchev–Trinajstić information content (AvgIpc) is 2.41. The molecule has 0 spiro atoms. The van der Waals surface area contributed by atoms with Gasteiger partial charge in [-0.1, -0.05) is 12.5 Å². The van der Waals surface area contributed by atoms with Gasteiger partial charge in [0.05, 0.1) is 0 Å². The van der Waals surface area contributed by atoms with Gasteiger partial charge in [-0.05, 0) is 44.0 Å². The average molecular weight is 269 g/mol. The van der Waals surface area contributed by atoms with Crippen LogP contribution in [0.2, 0.25) is 0 Å². The standard InChI is InChI=1S/C14H17F2NO2/c1-9(10-5-6-11(15)12(16)8-10)17-7-3-2-4-13(17)14(18)19/h5-6,8-9,13H,2-4,7H2,1H3,(H,18,19). The summed E-state index contributed by atoms with van der Waals surface area (Å²) < 4.78 is 26.2. The van der Waals surface area contributed by atoms with Crippen LogP contribution < -0.4 is 0 Å². The van der Waals surface area contributed by atoms with Crippen molar-refractivity contribution in [2.45, 2.75) is 38.3 Å². The van der Waals surface area contributed by atoms with Gasteiger partial charge in [0.15, 0.2) is 11.6 Å². The maximum Gasteiger partial charge on any atom is 0.320 e. The van der Waals surface area contributed by atoms with Gasteiger partial charge in [0, 0.05) is 6.04 Å². The minimum atomic E-state index is -0.895. The summed E-state index contributed by atoms with van der Waals surface area (Å²) in [6, 6.07) is 2.96. The van der Waals surface area contributed by atoms with E-state index in [-0.39, 0.29) is 6.04 Å². The first kappa shape index (κ1) is 13.9. The Morgan fingerprint density at radius 2 is 2.11 bits per heavy atom. The Kier molecular flexibility index (Phi) is 4.14. The summed E-state index contributed by atoms with van der Waals surface area (Å²) in [4.78, 5) is 13.1. The van der Waals surface area contributed by atoms with Gasteiger partial charge in [-0.3, -0.25) is 9.69 Å². The zero-order valence-electron chi connectivity index (χ0n) is 10.8. The van der Waals surface area contributed by atoms with Crippen LogP contribution in [-0.4, -0.2) is 28.6 Å². The second kappa shape index (κ2) is 5.65. The van der Waals surface area contributed by atoms with Crippen molar-refractivity contribution in [1.82, 2.24) is 4.90 Å². The first-order valence-corrected chi connectivity index (χ1v) is 6.44. The third kappa shape index (κ3) is 2.92. The highest BCUT2D eigenvalue weighted by Gasteiger charge is 2.32. The van der Waals surface area contributed by atoms with Gasteiger partial charge < -0.3 is 5.11 Å². The maximum atomic E-state index is 13.3. The highest BCUT2D eigenvalue weighted by Crippen LogP contribution is 2.29. The van der Waals surface area contributed by atoms with E-state index in [9.17, 15) is 18.7 Å². The molecule has 1 aromatic rings. The molecule has 0 amide bonds. The Morgan fingerprint density at radius 1 is 1.37 bits per heavy atom. The van der Waals surface area contributed by atoms with Crippen molar-refractivity contribution in [3.8, 4) is 0 Å². The molecule has 0 bridgehead atoms. The summed E-state index contributed by atoms with van der Waals surface area (Å²) >= 11 is 0. The molecule has 0 aromatic heterocycles. The van der Waals surface area contributed by atoms with E-state index < -0.39 is 23.6 Å². The Labute approximate surface area is 110 Å². The number of carboxylic acids is 1. The fourth-order valence-corrected chi connectivity index (χ4v) is 2.65. The summed E-state index contributed by atoms with van der Waals surface area (Å²) in [5, 5.41) is 9.23. The number of carboxylic acid groups (broad SMARTS) is 1. The Bertz CT molecular complexity index is 479. The lowest BCUT2D eigenvalue weighted by Gasteiger charge is -2.37. The van der Waals surface area contributed by atoms with E-state index in [0.717, 1.165) is 25.0 Å². The van der Waals surface area contributed by atoms with Crippen LogP contribution in [0.4, 0.5) is 8.78 Å². The van der Waals surface area contributed by atoms with Gasteiger partial charge in [-0.25, -0.2) is 8.78 Å². The summed E-state index contributed by atoms with van der Waals surface area (Å²) in [6.45, 7) is 2.49. The predicted octanol–water partition coefficient (Wildman–Crippen LogP) is 2.96. The molecule has 1 aliphatic heterocycles. The van der Waals surface area contributed by atoms with Crippen molar-refractivity contribution in [3.05, 3.63) is 35.4 Å². The number of rotatable bonds is 3. The van der Waals surface area contributed by atoms with Crippen molar-refractivity contribution in [1.29, 1.82) is 0 Å². The topological polar surface area (TPSA) is 40.5 Å². The number of benzene rings is 1. The van der Waals surface area contributed by atoms with E-state index in [1.807, 2.05) is 11.8 Å². The maximum absolute atomic E-state index is 13.3. The molecular weight excluding hydrogens is 252 g/mol. The third-order valence-electron chi connectivity index (χ3n) is 3.75. The lowest BCUT2D eigenvalue weighted by Crippen LogP contribution is -2.45. The number of hydrogen-bond acceptors (Lipinski definition) is 2. The number of halogens is 2. The number of carbonyl (C=O) groups is 1. The van der Waals surface area contributed by atoms with Crippen LogP contribution >= 0.6 is 0 Å². The lowest BCUT2D eigenvalue weighted by atomic mass is 9.97. The molecule has 2 unspecified atom stereocenters. The van der Waals surface area contributed by atoms with Crippen molar-refractivity contribution in [3.63, 3.8) is 0 Å². The lowest BCUT2D eigenvalue weighted by molar-refractivity contribution is -0.145. The molecule has 1 saturated heterocycles. The summed E-state index contributed by atoms with van der Waals surface area (Å²) in [5.74, 6) is -2.63. The van der Waals surface area contributed by atoms with Gasteiger partial charge in [-0.2, -0.15) is 0 Å². The van der Waals surface area contributed by atoms with E-state index in [1.165, 1.54) is 6.07 Å². The van der Waals surface area contributed by atoms with Crippen LogP contribution in [0.25, 0.3) is 0 Å². The van der Waals surface area contributed by atoms with Crippen LogP contribution in [0.3, 0.4) is 0 Å². The van der Waals surface area contributed by atoms with Gasteiger partial charge in [0.1, 0.15) is 6.04 Å². The number of likely N-dealkylation sites (tertiary alicyclic amines) is 1. The Hall–Kier alpha value is -1.49. The predicted molar refractivity (Wildman–Crippen MR) is 66.8 cm³/mol. The highest BCUT2D eigenvalue weighted by atomic mass is 19.2. The van der Waals surface area contributed by atoms with E-state index in [0.29, 0.717) is 18.5 Å². The van der Waals surface area contributed by atoms with Gasteiger partial charge >= 0.3 is 5.97 Å². The van der Waals surface area contributed by atoms with Gasteiger partial charge in [0.2, 0.25) is 0 Å². The molecule has 19 heavy (non-hydrogen) atoms. The molecule has 104 valence electrons. The largest absolute Gasteiger partial charge is 0.480 e. The molecule has 5 heteroatoms. The normalized spacial score (nSPS) is 22.2. The van der Waals surface area contributed by atoms with E-state index >= 15 is 0 Å². The molecule has 1 aromatic carbocycles. The van der Waals surface area contributed by atoms with E-state index in [4.69, 9.17) is 0 Å². The van der Waals surface area contributed by atoms with Gasteiger partial charge in [0.25, 0.3) is 0 Å². The molecule has 0 radical (unpaired) electrons. The van der Waals surface area contributed by atoms with Crippen LogP contribution in [0.5, 0.6) is 0 Å². The van der Waals surface area contributed by atoms with Crippen LogP contribution in [0.15, 0.2) is 18.2 Å². The second-order valence-electron chi connectivity index (χ2n) is 4.94. The third-order valence-corrected chi connectivity index (χ3v) is 3.75. The minimum absolute atomic E-state index is 0.239. The van der Waals surface area contributed by atoms with Crippen LogP contribution in [0.1, 0.15) is 37.8 Å². The van der Waals surface area contributed by atoms with Crippen LogP contribution in [0, 0.1) is 11.6 Å². The molecule has 1 aliphatic rings. The molecule has 1 fully saturated rings. The molecular formula is C14H17F2NO2. The van der Waals surface area contributed by atoms with Crippen molar-refractivity contribution in [2.75, 3.05) is 6.54 Å². The molecule has 2 rings (SSSR count). The molecule has 0 saturated carbocycles. The highest BCUT2D eigenvalue weighted by molar-refractivity contribution is 5.73. The summed E-state index contributed by atoms with van der Waals surface area (Å²) in [5.41, 5.74) is 0.604. The SMILES string of the molecule is CC(c1ccc(F)c(F)c1)N1CCCCC1C(=O)O. The van der Waals surface area contributed by atoms with E-state index in [2.05, 4.69) is 0 Å². The first-order chi connectivity index (χ1) is 9.00. The Morgan fingerprint density at radius 3 is 2.74 bits per heavy atom. The minimum Gasteiger partial charge on any atom is -0.480 e. The molecule has 2 atom stereocenters. The van der Waals surface area contributed by atoms with Crippen molar-refractivity contribution >= 4 is 5.97 Å². The second-order valence-corrected chi connectivity index (χ2v) is 4.94. The number of nitrogens with zero attached hydrogens (tertiary/aromatic N) is 1. The fraction of sp³-hybridized carbons (Fsp3) is 0.500.